The molecule has 3 aliphatic rings. The molecule has 0 bridgehead atoms. The Balaban J connectivity index is 1.11. The van der Waals surface area contributed by atoms with Crippen molar-refractivity contribution in [2.24, 2.45) is 0 Å². The Morgan fingerprint density at radius 1 is 0.362 bits per heavy atom. The highest BCUT2D eigenvalue weighted by molar-refractivity contribution is 5.99. The predicted octanol–water partition coefficient (Wildman–Crippen LogP) is 11.6. The molecule has 1 spiro atoms. The van der Waals surface area contributed by atoms with Crippen LogP contribution in [0.4, 0.5) is 0 Å². The van der Waals surface area contributed by atoms with Crippen LogP contribution < -0.4 is 0 Å². The molecule has 222 valence electrons. The summed E-state index contributed by atoms with van der Waals surface area (Å²) in [7, 11) is 0. The summed E-state index contributed by atoms with van der Waals surface area (Å²) in [6.07, 6.45) is 0.907. The molecular weight excluding hydrogens is 565 g/mol. The Bertz CT molecular complexity index is 2370. The zero-order valence-electron chi connectivity index (χ0n) is 26.7. The van der Waals surface area contributed by atoms with Crippen LogP contribution in [0, 0.1) is 0 Å². The second kappa shape index (κ2) is 9.53. The van der Waals surface area contributed by atoms with Gasteiger partial charge in [0.2, 0.25) is 0 Å². The van der Waals surface area contributed by atoms with Gasteiger partial charge in [0.15, 0.2) is 0 Å². The molecule has 0 aliphatic heterocycles. The van der Waals surface area contributed by atoms with Gasteiger partial charge in [-0.3, -0.25) is 0 Å². The van der Waals surface area contributed by atoms with Gasteiger partial charge in [-0.1, -0.05) is 172 Å². The third kappa shape index (κ3) is 3.48. The van der Waals surface area contributed by atoms with Crippen LogP contribution in [-0.4, -0.2) is 0 Å². The van der Waals surface area contributed by atoms with E-state index in [0.29, 0.717) is 0 Å². The highest BCUT2D eigenvalue weighted by Crippen LogP contribution is 2.63. The average Bonchev–Trinajstić information content (AvgIpc) is 3.68. The molecule has 0 aromatic heterocycles. The first kappa shape index (κ1) is 26.7. The van der Waals surface area contributed by atoms with Crippen LogP contribution in [0.2, 0.25) is 0 Å². The van der Waals surface area contributed by atoms with E-state index in [1.165, 1.54) is 89.0 Å². The van der Waals surface area contributed by atoms with Crippen molar-refractivity contribution in [2.75, 3.05) is 0 Å². The van der Waals surface area contributed by atoms with Crippen molar-refractivity contribution in [1.82, 2.24) is 0 Å². The van der Waals surface area contributed by atoms with Gasteiger partial charge in [-0.2, -0.15) is 0 Å². The van der Waals surface area contributed by atoms with E-state index < -0.39 is 0 Å². The van der Waals surface area contributed by atoms with Crippen LogP contribution in [0.5, 0.6) is 0 Å². The molecule has 0 N–H and O–H groups in total. The van der Waals surface area contributed by atoms with Crippen LogP contribution in [0.3, 0.4) is 0 Å². The van der Waals surface area contributed by atoms with Gasteiger partial charge < -0.3 is 0 Å². The second-order valence-corrected chi connectivity index (χ2v) is 14.0. The normalized spacial score (nSPS) is 15.0. The maximum atomic E-state index is 2.46. The zero-order valence-corrected chi connectivity index (χ0v) is 26.7. The first-order valence-corrected chi connectivity index (χ1v) is 16.8. The molecule has 10 rings (SSSR count). The standard InChI is InChI=1S/C47H34/c1-46(2)39-20-7-3-15-34(39)37-26-25-31(29-44(37)46)27-30-13-11-14-32(28-30)33-19-12-24-43-45(33)38-18-6-10-23-42(38)47(43)40-21-8-4-16-35(40)36-17-5-9-22-41(36)47/h3-26,28-29H,27H2,1-2H3. The van der Waals surface area contributed by atoms with Crippen molar-refractivity contribution >= 4 is 0 Å². The van der Waals surface area contributed by atoms with Crippen molar-refractivity contribution in [1.29, 1.82) is 0 Å². The SMILES string of the molecule is CC1(C)c2ccccc2-c2ccc(Cc3cccc(-c4cccc5c4-c4ccccc4C54c5ccccc5-c5ccccc54)c3)cc21. The molecule has 0 fully saturated rings. The largest absolute Gasteiger partial charge is 0.0725 e. The van der Waals surface area contributed by atoms with Crippen molar-refractivity contribution in [3.8, 4) is 44.5 Å². The van der Waals surface area contributed by atoms with E-state index in [2.05, 4.69) is 172 Å². The third-order valence-corrected chi connectivity index (χ3v) is 11.3. The molecular formula is C47H34. The Morgan fingerprint density at radius 2 is 0.851 bits per heavy atom. The van der Waals surface area contributed by atoms with Gasteiger partial charge in [0.05, 0.1) is 5.41 Å². The molecule has 7 aromatic carbocycles. The van der Waals surface area contributed by atoms with Gasteiger partial charge in [0, 0.05) is 5.41 Å². The van der Waals surface area contributed by atoms with Crippen LogP contribution in [0.1, 0.15) is 58.4 Å². The summed E-state index contributed by atoms with van der Waals surface area (Å²) in [5.74, 6) is 0. The highest BCUT2D eigenvalue weighted by Gasteiger charge is 2.51. The minimum absolute atomic E-state index is 0.00913. The maximum Gasteiger partial charge on any atom is 0.0725 e. The smallest absolute Gasteiger partial charge is 0.0619 e. The molecule has 0 heterocycles. The van der Waals surface area contributed by atoms with Gasteiger partial charge in [-0.15, -0.1) is 0 Å². The Labute approximate surface area is 277 Å². The predicted molar refractivity (Wildman–Crippen MR) is 195 cm³/mol. The monoisotopic (exact) mass is 598 g/mol. The lowest BCUT2D eigenvalue weighted by molar-refractivity contribution is 0.659. The van der Waals surface area contributed by atoms with E-state index >= 15 is 0 Å². The van der Waals surface area contributed by atoms with Crippen molar-refractivity contribution in [2.45, 2.75) is 31.1 Å². The van der Waals surface area contributed by atoms with Crippen LogP contribution in [0.25, 0.3) is 44.5 Å². The first-order chi connectivity index (χ1) is 23.1. The minimum atomic E-state index is -0.318. The molecule has 0 saturated heterocycles. The molecule has 47 heavy (non-hydrogen) atoms. The van der Waals surface area contributed by atoms with Gasteiger partial charge in [-0.25, -0.2) is 0 Å². The molecule has 0 amide bonds. The quantitative estimate of drug-likeness (QED) is 0.190. The molecule has 0 heteroatoms. The van der Waals surface area contributed by atoms with E-state index in [9.17, 15) is 0 Å². The molecule has 0 nitrogen and oxygen atoms in total. The molecule has 0 atom stereocenters. The van der Waals surface area contributed by atoms with Crippen molar-refractivity contribution in [3.63, 3.8) is 0 Å². The fourth-order valence-electron chi connectivity index (χ4n) is 9.33. The van der Waals surface area contributed by atoms with E-state index in [0.717, 1.165) is 6.42 Å². The topological polar surface area (TPSA) is 0 Å². The number of fused-ring (bicyclic) bond motifs is 13. The number of hydrogen-bond acceptors (Lipinski definition) is 0. The summed E-state index contributed by atoms with van der Waals surface area (Å²) in [4.78, 5) is 0. The lowest BCUT2D eigenvalue weighted by Gasteiger charge is -2.30. The summed E-state index contributed by atoms with van der Waals surface area (Å²) in [5, 5.41) is 0. The lowest BCUT2D eigenvalue weighted by Crippen LogP contribution is -2.25. The Kier molecular flexibility index (Phi) is 5.42. The van der Waals surface area contributed by atoms with Crippen LogP contribution >= 0.6 is 0 Å². The minimum Gasteiger partial charge on any atom is -0.0619 e. The van der Waals surface area contributed by atoms with E-state index in [1.807, 2.05) is 0 Å². The fourth-order valence-corrected chi connectivity index (χ4v) is 9.33. The molecule has 3 aliphatic carbocycles. The maximum absolute atomic E-state index is 2.46. The number of hydrogen-bond donors (Lipinski definition) is 0. The third-order valence-electron chi connectivity index (χ3n) is 11.3. The summed E-state index contributed by atoms with van der Waals surface area (Å²) in [6, 6.07) is 59.5. The number of benzene rings is 7. The fraction of sp³-hybridized carbons (Fsp3) is 0.106. The van der Waals surface area contributed by atoms with Crippen LogP contribution in [-0.2, 0) is 17.3 Å². The van der Waals surface area contributed by atoms with Gasteiger partial charge in [0.25, 0.3) is 0 Å². The summed E-state index contributed by atoms with van der Waals surface area (Å²) >= 11 is 0. The molecule has 0 radical (unpaired) electrons. The lowest BCUT2D eigenvalue weighted by atomic mass is 9.70. The van der Waals surface area contributed by atoms with E-state index in [4.69, 9.17) is 0 Å². The average molecular weight is 599 g/mol. The molecule has 0 unspecified atom stereocenters. The van der Waals surface area contributed by atoms with Crippen molar-refractivity contribution in [3.05, 3.63) is 202 Å². The van der Waals surface area contributed by atoms with Gasteiger partial charge in [0.1, 0.15) is 0 Å². The molecule has 7 aromatic rings. The first-order valence-electron chi connectivity index (χ1n) is 16.8. The van der Waals surface area contributed by atoms with Gasteiger partial charge >= 0.3 is 0 Å². The van der Waals surface area contributed by atoms with Gasteiger partial charge in [-0.05, 0) is 95.4 Å². The Hall–Kier alpha value is -5.46. The van der Waals surface area contributed by atoms with Crippen LogP contribution in [0.15, 0.2) is 158 Å². The number of rotatable bonds is 3. The van der Waals surface area contributed by atoms with E-state index in [1.54, 1.807) is 0 Å². The van der Waals surface area contributed by atoms with E-state index in [-0.39, 0.29) is 10.8 Å². The zero-order chi connectivity index (χ0) is 31.3. The Morgan fingerprint density at radius 3 is 1.55 bits per heavy atom. The highest BCUT2D eigenvalue weighted by atomic mass is 14.5. The summed E-state index contributed by atoms with van der Waals surface area (Å²) in [6.45, 7) is 4.73. The van der Waals surface area contributed by atoms with Crippen molar-refractivity contribution < 1.29 is 0 Å². The molecule has 0 saturated carbocycles. The summed E-state index contributed by atoms with van der Waals surface area (Å²) in [5.41, 5.74) is 21.6. The summed E-state index contributed by atoms with van der Waals surface area (Å²) < 4.78 is 0. The second-order valence-electron chi connectivity index (χ2n) is 14.0.